The minimum Gasteiger partial charge on any atom is -0.481 e. The lowest BCUT2D eigenvalue weighted by atomic mass is 10.2. The van der Waals surface area contributed by atoms with Crippen LogP contribution in [0.25, 0.3) is 0 Å². The van der Waals surface area contributed by atoms with Crippen molar-refractivity contribution >= 4 is 17.4 Å². The molecule has 1 aliphatic rings. The largest absolute Gasteiger partial charge is 0.481 e. The van der Waals surface area contributed by atoms with Crippen LogP contribution in [0, 0.1) is 0 Å². The third-order valence-electron chi connectivity index (χ3n) is 3.55. The molecule has 3 rings (SSSR count). The second kappa shape index (κ2) is 7.06. The molecule has 1 N–H and O–H groups in total. The van der Waals surface area contributed by atoms with Gasteiger partial charge in [0.2, 0.25) is 5.88 Å². The molecule has 1 aliphatic heterocycles. The average Bonchev–Trinajstić information content (AvgIpc) is 2.63. The summed E-state index contributed by atoms with van der Waals surface area (Å²) in [5.41, 5.74) is 1.10. The number of hydrogen-bond donors (Lipinski definition) is 1. The van der Waals surface area contributed by atoms with Gasteiger partial charge in [-0.15, -0.1) is 0 Å². The van der Waals surface area contributed by atoms with Gasteiger partial charge in [-0.3, -0.25) is 4.79 Å². The van der Waals surface area contributed by atoms with E-state index < -0.39 is 0 Å². The van der Waals surface area contributed by atoms with E-state index in [0.29, 0.717) is 30.3 Å². The van der Waals surface area contributed by atoms with Crippen molar-refractivity contribution in [2.45, 2.75) is 0 Å². The second-order valence-corrected chi connectivity index (χ2v) is 5.05. The molecular weight excluding hydrogens is 296 g/mol. The molecule has 0 aromatic carbocycles. The van der Waals surface area contributed by atoms with E-state index in [2.05, 4.69) is 20.2 Å². The number of hydrogen-bond acceptors (Lipinski definition) is 6. The zero-order valence-electron chi connectivity index (χ0n) is 12.9. The number of ether oxygens (including phenoxy) is 2. The number of anilines is 2. The lowest BCUT2D eigenvalue weighted by molar-refractivity contribution is 0.102. The number of aromatic nitrogens is 2. The average molecular weight is 314 g/mol. The van der Waals surface area contributed by atoms with Gasteiger partial charge in [0.15, 0.2) is 0 Å². The summed E-state index contributed by atoms with van der Waals surface area (Å²) in [7, 11) is 1.54. The molecule has 3 heterocycles. The van der Waals surface area contributed by atoms with Gasteiger partial charge in [-0.1, -0.05) is 0 Å². The van der Waals surface area contributed by atoms with E-state index in [1.54, 1.807) is 37.7 Å². The fourth-order valence-corrected chi connectivity index (χ4v) is 2.28. The van der Waals surface area contributed by atoms with Crippen molar-refractivity contribution in [2.75, 3.05) is 43.6 Å². The molecular formula is C16H18N4O3. The molecule has 2 aromatic rings. The van der Waals surface area contributed by atoms with E-state index in [1.807, 2.05) is 6.07 Å². The lowest BCUT2D eigenvalue weighted by Crippen LogP contribution is -2.36. The smallest absolute Gasteiger partial charge is 0.257 e. The summed E-state index contributed by atoms with van der Waals surface area (Å²) < 4.78 is 10.3. The van der Waals surface area contributed by atoms with Crippen molar-refractivity contribution in [1.29, 1.82) is 0 Å². The molecule has 7 nitrogen and oxygen atoms in total. The van der Waals surface area contributed by atoms with Crippen LogP contribution in [0.2, 0.25) is 0 Å². The van der Waals surface area contributed by atoms with Gasteiger partial charge in [0.25, 0.3) is 5.91 Å². The van der Waals surface area contributed by atoms with Gasteiger partial charge < -0.3 is 19.7 Å². The molecule has 120 valence electrons. The molecule has 0 atom stereocenters. The Balaban J connectivity index is 1.64. The highest BCUT2D eigenvalue weighted by Crippen LogP contribution is 2.15. The van der Waals surface area contributed by atoms with Crippen LogP contribution in [-0.2, 0) is 4.74 Å². The van der Waals surface area contributed by atoms with Crippen molar-refractivity contribution in [2.24, 2.45) is 0 Å². The summed E-state index contributed by atoms with van der Waals surface area (Å²) in [5.74, 6) is 1.13. The standard InChI is InChI=1S/C16H18N4O3/c1-22-15-5-3-13(11-18-15)19-16(21)12-2-4-14(17-10-12)20-6-8-23-9-7-20/h2-5,10-11H,6-9H2,1H3,(H,19,21). The van der Waals surface area contributed by atoms with Gasteiger partial charge in [0.1, 0.15) is 5.82 Å². The van der Waals surface area contributed by atoms with E-state index in [9.17, 15) is 4.79 Å². The summed E-state index contributed by atoms with van der Waals surface area (Å²) in [6.45, 7) is 3.04. The van der Waals surface area contributed by atoms with Crippen LogP contribution in [0.1, 0.15) is 10.4 Å². The number of carbonyl (C=O) groups is 1. The predicted molar refractivity (Wildman–Crippen MR) is 86.0 cm³/mol. The van der Waals surface area contributed by atoms with E-state index in [1.165, 1.54) is 0 Å². The monoisotopic (exact) mass is 314 g/mol. The number of nitrogens with one attached hydrogen (secondary N) is 1. The Hall–Kier alpha value is -2.67. The van der Waals surface area contributed by atoms with Crippen LogP contribution in [0.3, 0.4) is 0 Å². The minimum atomic E-state index is -0.224. The highest BCUT2D eigenvalue weighted by Gasteiger charge is 2.13. The van der Waals surface area contributed by atoms with Crippen molar-refractivity contribution in [1.82, 2.24) is 9.97 Å². The van der Waals surface area contributed by atoms with Crippen molar-refractivity contribution < 1.29 is 14.3 Å². The van der Waals surface area contributed by atoms with Crippen LogP contribution < -0.4 is 15.0 Å². The summed E-state index contributed by atoms with van der Waals surface area (Å²) in [6.07, 6.45) is 3.13. The Bertz CT molecular complexity index is 652. The first-order valence-corrected chi connectivity index (χ1v) is 7.36. The van der Waals surface area contributed by atoms with Gasteiger partial charge >= 0.3 is 0 Å². The summed E-state index contributed by atoms with van der Waals surface area (Å²) >= 11 is 0. The number of amides is 1. The number of methoxy groups -OCH3 is 1. The quantitative estimate of drug-likeness (QED) is 0.923. The molecule has 0 saturated carbocycles. The maximum Gasteiger partial charge on any atom is 0.257 e. The zero-order chi connectivity index (χ0) is 16.1. The first-order chi connectivity index (χ1) is 11.3. The topological polar surface area (TPSA) is 76.6 Å². The molecule has 0 unspecified atom stereocenters. The Morgan fingerprint density at radius 2 is 2.00 bits per heavy atom. The SMILES string of the molecule is COc1ccc(NC(=O)c2ccc(N3CCOCC3)nc2)cn1. The molecule has 1 fully saturated rings. The number of rotatable bonds is 4. The molecule has 0 radical (unpaired) electrons. The highest BCUT2D eigenvalue weighted by molar-refractivity contribution is 6.04. The van der Waals surface area contributed by atoms with Gasteiger partial charge in [-0.05, 0) is 18.2 Å². The zero-order valence-corrected chi connectivity index (χ0v) is 12.9. The maximum atomic E-state index is 12.2. The number of pyridine rings is 2. The normalized spacial score (nSPS) is 14.4. The summed E-state index contributed by atoms with van der Waals surface area (Å²) in [5, 5.41) is 2.78. The lowest BCUT2D eigenvalue weighted by Gasteiger charge is -2.27. The Morgan fingerprint density at radius 1 is 1.17 bits per heavy atom. The minimum absolute atomic E-state index is 0.224. The van der Waals surface area contributed by atoms with Gasteiger partial charge in [-0.25, -0.2) is 9.97 Å². The highest BCUT2D eigenvalue weighted by atomic mass is 16.5. The van der Waals surface area contributed by atoms with Crippen LogP contribution in [0.4, 0.5) is 11.5 Å². The predicted octanol–water partition coefficient (Wildman–Crippen LogP) is 1.57. The molecule has 0 spiro atoms. The van der Waals surface area contributed by atoms with E-state index in [0.717, 1.165) is 18.9 Å². The molecule has 2 aromatic heterocycles. The fourth-order valence-electron chi connectivity index (χ4n) is 2.28. The van der Waals surface area contributed by atoms with E-state index >= 15 is 0 Å². The first-order valence-electron chi connectivity index (χ1n) is 7.36. The van der Waals surface area contributed by atoms with E-state index in [-0.39, 0.29) is 5.91 Å². The molecule has 7 heteroatoms. The van der Waals surface area contributed by atoms with Gasteiger partial charge in [-0.2, -0.15) is 0 Å². The third-order valence-corrected chi connectivity index (χ3v) is 3.55. The van der Waals surface area contributed by atoms with Crippen molar-refractivity contribution in [3.63, 3.8) is 0 Å². The van der Waals surface area contributed by atoms with Gasteiger partial charge in [0, 0.05) is 25.4 Å². The summed E-state index contributed by atoms with van der Waals surface area (Å²) in [6, 6.07) is 7.05. The van der Waals surface area contributed by atoms with Crippen LogP contribution in [-0.4, -0.2) is 49.3 Å². The molecule has 1 saturated heterocycles. The van der Waals surface area contributed by atoms with Crippen LogP contribution in [0.15, 0.2) is 36.7 Å². The Labute approximate surface area is 134 Å². The van der Waals surface area contributed by atoms with Crippen LogP contribution in [0.5, 0.6) is 5.88 Å². The Morgan fingerprint density at radius 3 is 2.61 bits per heavy atom. The Kier molecular flexibility index (Phi) is 4.68. The maximum absolute atomic E-state index is 12.2. The molecule has 0 aliphatic carbocycles. The van der Waals surface area contributed by atoms with Crippen molar-refractivity contribution in [3.05, 3.63) is 42.2 Å². The van der Waals surface area contributed by atoms with Crippen molar-refractivity contribution in [3.8, 4) is 5.88 Å². The molecule has 1 amide bonds. The molecule has 23 heavy (non-hydrogen) atoms. The molecule has 0 bridgehead atoms. The van der Waals surface area contributed by atoms with Gasteiger partial charge in [0.05, 0.1) is 37.8 Å². The number of carbonyl (C=O) groups excluding carboxylic acids is 1. The summed E-state index contributed by atoms with van der Waals surface area (Å²) in [4.78, 5) is 22.8. The second-order valence-electron chi connectivity index (χ2n) is 5.05. The van der Waals surface area contributed by atoms with Crippen LogP contribution >= 0.6 is 0 Å². The fraction of sp³-hybridized carbons (Fsp3) is 0.312. The third kappa shape index (κ3) is 3.75. The van der Waals surface area contributed by atoms with E-state index in [4.69, 9.17) is 9.47 Å². The number of nitrogens with zero attached hydrogens (tertiary/aromatic N) is 3. The number of morpholine rings is 1. The first kappa shape index (κ1) is 15.2.